The number of likely N-dealkylation sites (tertiary alicyclic amines) is 1. The van der Waals surface area contributed by atoms with Crippen molar-refractivity contribution in [1.29, 1.82) is 0 Å². The van der Waals surface area contributed by atoms with Crippen LogP contribution in [0.4, 0.5) is 0 Å². The van der Waals surface area contributed by atoms with Crippen molar-refractivity contribution in [3.8, 4) is 0 Å². The smallest absolute Gasteiger partial charge is 0.307 e. The lowest BCUT2D eigenvalue weighted by molar-refractivity contribution is -0.151. The first-order chi connectivity index (χ1) is 10.7. The van der Waals surface area contributed by atoms with Gasteiger partial charge in [-0.25, -0.2) is 0 Å². The van der Waals surface area contributed by atoms with Crippen LogP contribution in [-0.2, 0) is 19.1 Å². The van der Waals surface area contributed by atoms with Crippen LogP contribution in [0.3, 0.4) is 0 Å². The zero-order valence-electron chi connectivity index (χ0n) is 13.1. The van der Waals surface area contributed by atoms with Gasteiger partial charge in [0.15, 0.2) is 0 Å². The predicted octanol–water partition coefficient (Wildman–Crippen LogP) is 2.43. The van der Waals surface area contributed by atoms with E-state index in [4.69, 9.17) is 4.74 Å². The van der Waals surface area contributed by atoms with Gasteiger partial charge in [-0.1, -0.05) is 19.3 Å². The topological polar surface area (TPSA) is 63.7 Å². The fourth-order valence-electron chi connectivity index (χ4n) is 4.08. The second kappa shape index (κ2) is 6.80. The van der Waals surface area contributed by atoms with Crippen LogP contribution >= 0.6 is 0 Å². The van der Waals surface area contributed by atoms with Gasteiger partial charge in [0.1, 0.15) is 6.10 Å². The standard InChI is InChI=1S/C17H25NO4/c19-15(22-12-6-2-1-3-7-12)10-11-18-16(20)13-8-4-5-9-14(13)17(18)21/h12-14H,1-11H2/t13-,14+. The molecule has 0 spiro atoms. The molecule has 1 saturated heterocycles. The second-order valence-electron chi connectivity index (χ2n) is 6.83. The zero-order valence-corrected chi connectivity index (χ0v) is 13.1. The van der Waals surface area contributed by atoms with Crippen LogP contribution < -0.4 is 0 Å². The number of ether oxygens (including phenoxy) is 1. The first kappa shape index (κ1) is 15.5. The Labute approximate surface area is 131 Å². The number of hydrogen-bond donors (Lipinski definition) is 0. The average Bonchev–Trinajstić information content (AvgIpc) is 2.78. The van der Waals surface area contributed by atoms with Crippen molar-refractivity contribution in [2.24, 2.45) is 11.8 Å². The molecule has 3 aliphatic rings. The number of esters is 1. The van der Waals surface area contributed by atoms with Crippen molar-refractivity contribution in [1.82, 2.24) is 4.90 Å². The Morgan fingerprint density at radius 3 is 2.05 bits per heavy atom. The van der Waals surface area contributed by atoms with Crippen molar-refractivity contribution in [2.45, 2.75) is 70.3 Å². The summed E-state index contributed by atoms with van der Waals surface area (Å²) in [7, 11) is 0. The van der Waals surface area contributed by atoms with Gasteiger partial charge in [-0.05, 0) is 38.5 Å². The molecule has 0 aromatic carbocycles. The van der Waals surface area contributed by atoms with Gasteiger partial charge in [0.2, 0.25) is 11.8 Å². The number of hydrogen-bond acceptors (Lipinski definition) is 4. The third-order valence-electron chi connectivity index (χ3n) is 5.32. The second-order valence-corrected chi connectivity index (χ2v) is 6.83. The highest BCUT2D eigenvalue weighted by Crippen LogP contribution is 2.38. The molecule has 0 N–H and O–H groups in total. The van der Waals surface area contributed by atoms with Crippen molar-refractivity contribution >= 4 is 17.8 Å². The quantitative estimate of drug-likeness (QED) is 0.591. The fourth-order valence-corrected chi connectivity index (χ4v) is 4.08. The van der Waals surface area contributed by atoms with Crippen molar-refractivity contribution in [2.75, 3.05) is 6.54 Å². The largest absolute Gasteiger partial charge is 0.462 e. The van der Waals surface area contributed by atoms with E-state index < -0.39 is 0 Å². The predicted molar refractivity (Wildman–Crippen MR) is 79.8 cm³/mol. The number of rotatable bonds is 4. The molecule has 5 heteroatoms. The van der Waals surface area contributed by atoms with Gasteiger partial charge < -0.3 is 4.74 Å². The van der Waals surface area contributed by atoms with Gasteiger partial charge in [-0.2, -0.15) is 0 Å². The van der Waals surface area contributed by atoms with Gasteiger partial charge in [-0.3, -0.25) is 19.3 Å². The van der Waals surface area contributed by atoms with Crippen LogP contribution in [0.2, 0.25) is 0 Å². The monoisotopic (exact) mass is 307 g/mol. The zero-order chi connectivity index (χ0) is 15.5. The van der Waals surface area contributed by atoms with E-state index in [0.29, 0.717) is 0 Å². The summed E-state index contributed by atoms with van der Waals surface area (Å²) in [4.78, 5) is 37.8. The first-order valence-corrected chi connectivity index (χ1v) is 8.71. The highest BCUT2D eigenvalue weighted by molar-refractivity contribution is 6.05. The van der Waals surface area contributed by atoms with Gasteiger partial charge in [0.25, 0.3) is 0 Å². The molecule has 0 aromatic heterocycles. The molecule has 122 valence electrons. The number of imide groups is 1. The summed E-state index contributed by atoms with van der Waals surface area (Å²) >= 11 is 0. The molecule has 5 nitrogen and oxygen atoms in total. The Morgan fingerprint density at radius 2 is 1.45 bits per heavy atom. The third kappa shape index (κ3) is 3.18. The Bertz CT molecular complexity index is 432. The average molecular weight is 307 g/mol. The molecule has 0 bridgehead atoms. The molecule has 2 aliphatic carbocycles. The Kier molecular flexibility index (Phi) is 4.79. The van der Waals surface area contributed by atoms with Gasteiger partial charge in [0.05, 0.1) is 18.3 Å². The summed E-state index contributed by atoms with van der Waals surface area (Å²) in [6.07, 6.45) is 9.19. The van der Waals surface area contributed by atoms with E-state index in [0.717, 1.165) is 51.4 Å². The maximum Gasteiger partial charge on any atom is 0.307 e. The molecule has 1 aliphatic heterocycles. The van der Waals surface area contributed by atoms with E-state index >= 15 is 0 Å². The number of carbonyl (C=O) groups is 3. The molecular weight excluding hydrogens is 282 g/mol. The lowest BCUT2D eigenvalue weighted by Gasteiger charge is -2.22. The number of carbonyl (C=O) groups excluding carboxylic acids is 3. The number of fused-ring (bicyclic) bond motifs is 1. The molecular formula is C17H25NO4. The normalized spacial score (nSPS) is 29.5. The summed E-state index contributed by atoms with van der Waals surface area (Å²) in [6.45, 7) is 0.191. The highest BCUT2D eigenvalue weighted by atomic mass is 16.5. The van der Waals surface area contributed by atoms with E-state index in [-0.39, 0.29) is 48.7 Å². The Morgan fingerprint density at radius 1 is 0.909 bits per heavy atom. The van der Waals surface area contributed by atoms with Gasteiger partial charge in [-0.15, -0.1) is 0 Å². The highest BCUT2D eigenvalue weighted by Gasteiger charge is 2.47. The van der Waals surface area contributed by atoms with E-state index in [2.05, 4.69) is 0 Å². The summed E-state index contributed by atoms with van der Waals surface area (Å²) < 4.78 is 5.45. The van der Waals surface area contributed by atoms with Gasteiger partial charge >= 0.3 is 5.97 Å². The molecule has 2 amide bonds. The summed E-state index contributed by atoms with van der Waals surface area (Å²) in [5, 5.41) is 0. The molecule has 1 heterocycles. The summed E-state index contributed by atoms with van der Waals surface area (Å²) in [5.41, 5.74) is 0. The van der Waals surface area contributed by atoms with Crippen LogP contribution in [0, 0.1) is 11.8 Å². The maximum absolute atomic E-state index is 12.3. The molecule has 22 heavy (non-hydrogen) atoms. The summed E-state index contributed by atoms with van der Waals surface area (Å²) in [5.74, 6) is -0.672. The van der Waals surface area contributed by atoms with Crippen molar-refractivity contribution in [3.63, 3.8) is 0 Å². The first-order valence-electron chi connectivity index (χ1n) is 8.71. The SMILES string of the molecule is O=C(CCN1C(=O)[C@H]2CCCC[C@H]2C1=O)OC1CCCCC1. The van der Waals surface area contributed by atoms with E-state index in [9.17, 15) is 14.4 Å². The van der Waals surface area contributed by atoms with Crippen LogP contribution in [0.1, 0.15) is 64.2 Å². The Balaban J connectivity index is 1.49. The molecule has 0 unspecified atom stereocenters. The van der Waals surface area contributed by atoms with E-state index in [1.807, 2.05) is 0 Å². The minimum atomic E-state index is -0.276. The van der Waals surface area contributed by atoms with Crippen molar-refractivity contribution in [3.05, 3.63) is 0 Å². The van der Waals surface area contributed by atoms with Gasteiger partial charge in [0, 0.05) is 6.54 Å². The van der Waals surface area contributed by atoms with Crippen LogP contribution in [0.25, 0.3) is 0 Å². The third-order valence-corrected chi connectivity index (χ3v) is 5.32. The minimum Gasteiger partial charge on any atom is -0.462 e. The molecule has 0 radical (unpaired) electrons. The van der Waals surface area contributed by atoms with Crippen LogP contribution in [-0.4, -0.2) is 35.3 Å². The molecule has 2 saturated carbocycles. The fraction of sp³-hybridized carbons (Fsp3) is 0.824. The van der Waals surface area contributed by atoms with Crippen LogP contribution in [0.5, 0.6) is 0 Å². The molecule has 2 atom stereocenters. The number of amides is 2. The van der Waals surface area contributed by atoms with Crippen LogP contribution in [0.15, 0.2) is 0 Å². The molecule has 3 rings (SSSR count). The molecule has 3 fully saturated rings. The molecule has 0 aromatic rings. The minimum absolute atomic E-state index is 0.0359. The number of nitrogens with zero attached hydrogens (tertiary/aromatic N) is 1. The lowest BCUT2D eigenvalue weighted by atomic mass is 9.81. The Hall–Kier alpha value is -1.39. The van der Waals surface area contributed by atoms with Crippen molar-refractivity contribution < 1.29 is 19.1 Å². The maximum atomic E-state index is 12.3. The van der Waals surface area contributed by atoms with E-state index in [1.54, 1.807) is 0 Å². The lowest BCUT2D eigenvalue weighted by Crippen LogP contribution is -2.34. The van der Waals surface area contributed by atoms with E-state index in [1.165, 1.54) is 11.3 Å². The summed E-state index contributed by atoms with van der Waals surface area (Å²) in [6, 6.07) is 0.